The number of rotatable bonds is 4. The van der Waals surface area contributed by atoms with Crippen LogP contribution in [0.25, 0.3) is 27.4 Å². The highest BCUT2D eigenvalue weighted by molar-refractivity contribution is 7.98. The molecular formula is C22H21N5O2S2. The summed E-state index contributed by atoms with van der Waals surface area (Å²) in [6.07, 6.45) is 9.52. The number of aromatic nitrogens is 4. The van der Waals surface area contributed by atoms with E-state index < -0.39 is 0 Å². The first-order valence-electron chi connectivity index (χ1n) is 9.95. The van der Waals surface area contributed by atoms with E-state index in [1.807, 2.05) is 53.2 Å². The molecule has 4 aromatic rings. The highest BCUT2D eigenvalue weighted by Gasteiger charge is 2.20. The summed E-state index contributed by atoms with van der Waals surface area (Å²) in [6.45, 7) is 4.44. The molecule has 0 atom stereocenters. The van der Waals surface area contributed by atoms with Crippen LogP contribution in [0.4, 0.5) is 0 Å². The van der Waals surface area contributed by atoms with Crippen LogP contribution in [-0.4, -0.2) is 62.9 Å². The smallest absolute Gasteiger partial charge is 0.254 e. The Hall–Kier alpha value is -2.75. The summed E-state index contributed by atoms with van der Waals surface area (Å²) in [5, 5.41) is 1.99. The van der Waals surface area contributed by atoms with Crippen molar-refractivity contribution in [3.63, 3.8) is 0 Å². The SMILES string of the molecule is CSc1cn(-c2ncc(-c3ncc(C)s3)cn2)c2cc(C(=O)N3CCOCC3)ccc12. The standard InChI is InChI=1S/C22H21N5O2S2/c1-14-10-23-20(31-14)16-11-24-22(25-12-16)27-13-19(30-2)17-4-3-15(9-18(17)27)21(28)26-5-7-29-8-6-26/h3-4,9-13H,5-8H2,1-2H3. The number of nitrogens with zero attached hydrogens (tertiary/aromatic N) is 5. The van der Waals surface area contributed by atoms with Gasteiger partial charge in [0.15, 0.2) is 0 Å². The summed E-state index contributed by atoms with van der Waals surface area (Å²) in [5.41, 5.74) is 2.48. The summed E-state index contributed by atoms with van der Waals surface area (Å²) >= 11 is 3.28. The minimum Gasteiger partial charge on any atom is -0.378 e. The topological polar surface area (TPSA) is 73.1 Å². The molecule has 0 aliphatic carbocycles. The molecule has 0 saturated carbocycles. The van der Waals surface area contributed by atoms with Crippen LogP contribution in [0.5, 0.6) is 0 Å². The van der Waals surface area contributed by atoms with E-state index in [1.165, 1.54) is 0 Å². The third-order valence-electron chi connectivity index (χ3n) is 5.26. The maximum atomic E-state index is 13.0. The maximum absolute atomic E-state index is 13.0. The number of fused-ring (bicyclic) bond motifs is 1. The fraction of sp³-hybridized carbons (Fsp3) is 0.273. The van der Waals surface area contributed by atoms with Gasteiger partial charge in [0.05, 0.1) is 18.7 Å². The first-order chi connectivity index (χ1) is 15.1. The average Bonchev–Trinajstić information content (AvgIpc) is 3.42. The second-order valence-corrected chi connectivity index (χ2v) is 9.33. The van der Waals surface area contributed by atoms with Gasteiger partial charge in [-0.15, -0.1) is 23.1 Å². The minimum atomic E-state index is 0.0269. The Morgan fingerprint density at radius 2 is 1.90 bits per heavy atom. The Morgan fingerprint density at radius 3 is 2.58 bits per heavy atom. The van der Waals surface area contributed by atoms with Gasteiger partial charge in [0.25, 0.3) is 5.91 Å². The van der Waals surface area contributed by atoms with Crippen molar-refractivity contribution in [2.75, 3.05) is 32.6 Å². The Labute approximate surface area is 188 Å². The molecule has 4 heterocycles. The van der Waals surface area contributed by atoms with Crippen molar-refractivity contribution in [3.8, 4) is 16.5 Å². The third-order valence-corrected chi connectivity index (χ3v) is 6.98. The van der Waals surface area contributed by atoms with E-state index in [0.717, 1.165) is 31.2 Å². The zero-order valence-corrected chi connectivity index (χ0v) is 18.9. The molecule has 3 aromatic heterocycles. The molecule has 0 N–H and O–H groups in total. The lowest BCUT2D eigenvalue weighted by Gasteiger charge is -2.26. The van der Waals surface area contributed by atoms with E-state index in [-0.39, 0.29) is 5.91 Å². The number of benzene rings is 1. The quantitative estimate of drug-likeness (QED) is 0.436. The van der Waals surface area contributed by atoms with Crippen LogP contribution in [0.1, 0.15) is 15.2 Å². The van der Waals surface area contributed by atoms with E-state index >= 15 is 0 Å². The molecular weight excluding hydrogens is 430 g/mol. The molecule has 1 aliphatic rings. The summed E-state index contributed by atoms with van der Waals surface area (Å²) in [4.78, 5) is 30.7. The number of thioether (sulfide) groups is 1. The van der Waals surface area contributed by atoms with Crippen LogP contribution in [0.2, 0.25) is 0 Å². The number of carbonyl (C=O) groups excluding carboxylic acids is 1. The number of amides is 1. The van der Waals surface area contributed by atoms with Gasteiger partial charge in [0, 0.05) is 64.2 Å². The van der Waals surface area contributed by atoms with Gasteiger partial charge < -0.3 is 9.64 Å². The lowest BCUT2D eigenvalue weighted by molar-refractivity contribution is 0.0303. The number of ether oxygens (including phenoxy) is 1. The van der Waals surface area contributed by atoms with Gasteiger partial charge in [-0.1, -0.05) is 6.07 Å². The fourth-order valence-electron chi connectivity index (χ4n) is 3.65. The van der Waals surface area contributed by atoms with E-state index in [2.05, 4.69) is 15.0 Å². The van der Waals surface area contributed by atoms with Crippen LogP contribution in [0.3, 0.4) is 0 Å². The Bertz CT molecular complexity index is 1240. The van der Waals surface area contributed by atoms with Gasteiger partial charge in [0.2, 0.25) is 5.95 Å². The predicted octanol–water partition coefficient (Wildman–Crippen LogP) is 4.05. The molecule has 5 rings (SSSR count). The molecule has 1 aliphatic heterocycles. The number of carbonyl (C=O) groups is 1. The normalized spacial score (nSPS) is 14.3. The van der Waals surface area contributed by atoms with Gasteiger partial charge in [-0.05, 0) is 25.3 Å². The highest BCUT2D eigenvalue weighted by atomic mass is 32.2. The Morgan fingerprint density at radius 1 is 1.13 bits per heavy atom. The molecule has 1 saturated heterocycles. The van der Waals surface area contributed by atoms with E-state index in [9.17, 15) is 4.79 Å². The summed E-state index contributed by atoms with van der Waals surface area (Å²) in [6, 6.07) is 5.85. The minimum absolute atomic E-state index is 0.0269. The summed E-state index contributed by atoms with van der Waals surface area (Å²) in [5.74, 6) is 0.595. The second-order valence-electron chi connectivity index (χ2n) is 7.25. The van der Waals surface area contributed by atoms with Crippen molar-refractivity contribution in [1.29, 1.82) is 0 Å². The fourth-order valence-corrected chi connectivity index (χ4v) is 4.99. The van der Waals surface area contributed by atoms with Gasteiger partial charge >= 0.3 is 0 Å². The van der Waals surface area contributed by atoms with Gasteiger partial charge in [-0.2, -0.15) is 0 Å². The highest BCUT2D eigenvalue weighted by Crippen LogP contribution is 2.31. The number of hydrogen-bond donors (Lipinski definition) is 0. The van der Waals surface area contributed by atoms with Crippen molar-refractivity contribution < 1.29 is 9.53 Å². The Balaban J connectivity index is 1.53. The van der Waals surface area contributed by atoms with Gasteiger partial charge in [0.1, 0.15) is 5.01 Å². The lowest BCUT2D eigenvalue weighted by atomic mass is 10.1. The third kappa shape index (κ3) is 3.84. The van der Waals surface area contributed by atoms with E-state index in [4.69, 9.17) is 4.74 Å². The Kier molecular flexibility index (Phi) is 5.47. The largest absolute Gasteiger partial charge is 0.378 e. The molecule has 1 fully saturated rings. The van der Waals surface area contributed by atoms with Crippen LogP contribution in [-0.2, 0) is 4.74 Å². The number of aryl methyl sites for hydroxylation is 1. The van der Waals surface area contributed by atoms with E-state index in [1.54, 1.807) is 35.5 Å². The van der Waals surface area contributed by atoms with Gasteiger partial charge in [-0.25, -0.2) is 15.0 Å². The summed E-state index contributed by atoms with van der Waals surface area (Å²) in [7, 11) is 0. The number of hydrogen-bond acceptors (Lipinski definition) is 7. The number of morpholine rings is 1. The van der Waals surface area contributed by atoms with Crippen LogP contribution < -0.4 is 0 Å². The molecule has 1 aromatic carbocycles. The monoisotopic (exact) mass is 451 g/mol. The molecule has 1 amide bonds. The molecule has 0 radical (unpaired) electrons. The van der Waals surface area contributed by atoms with Crippen molar-refractivity contribution in [3.05, 3.63) is 53.4 Å². The van der Waals surface area contributed by atoms with Gasteiger partial charge in [-0.3, -0.25) is 9.36 Å². The van der Waals surface area contributed by atoms with Crippen LogP contribution >= 0.6 is 23.1 Å². The lowest BCUT2D eigenvalue weighted by Crippen LogP contribution is -2.40. The zero-order valence-electron chi connectivity index (χ0n) is 17.2. The molecule has 7 nitrogen and oxygen atoms in total. The molecule has 9 heteroatoms. The van der Waals surface area contributed by atoms with Crippen LogP contribution in [0, 0.1) is 6.92 Å². The molecule has 0 spiro atoms. The molecule has 31 heavy (non-hydrogen) atoms. The zero-order chi connectivity index (χ0) is 21.4. The second kappa shape index (κ2) is 8.41. The number of thiazole rings is 1. The first-order valence-corrected chi connectivity index (χ1v) is 12.0. The van der Waals surface area contributed by atoms with Crippen molar-refractivity contribution >= 4 is 39.9 Å². The van der Waals surface area contributed by atoms with Crippen LogP contribution in [0.15, 0.2) is 47.9 Å². The molecule has 0 unspecified atom stereocenters. The molecule has 0 bridgehead atoms. The van der Waals surface area contributed by atoms with Crippen molar-refractivity contribution in [2.24, 2.45) is 0 Å². The predicted molar refractivity (Wildman–Crippen MR) is 123 cm³/mol. The van der Waals surface area contributed by atoms with Crippen molar-refractivity contribution in [1.82, 2.24) is 24.4 Å². The first kappa shape index (κ1) is 20.2. The average molecular weight is 452 g/mol. The van der Waals surface area contributed by atoms with E-state index in [0.29, 0.717) is 37.8 Å². The maximum Gasteiger partial charge on any atom is 0.254 e. The van der Waals surface area contributed by atoms with Crippen molar-refractivity contribution in [2.45, 2.75) is 11.8 Å². The molecule has 158 valence electrons. The summed E-state index contributed by atoms with van der Waals surface area (Å²) < 4.78 is 7.33.